The van der Waals surface area contributed by atoms with Crippen LogP contribution in [0.4, 0.5) is 15.9 Å². The topological polar surface area (TPSA) is 68.1 Å². The van der Waals surface area contributed by atoms with Crippen molar-refractivity contribution in [2.24, 2.45) is 0 Å². The molecule has 0 saturated carbocycles. The summed E-state index contributed by atoms with van der Waals surface area (Å²) < 4.78 is 13.4. The highest BCUT2D eigenvalue weighted by molar-refractivity contribution is 5.44. The van der Waals surface area contributed by atoms with Crippen LogP contribution in [0.3, 0.4) is 0 Å². The Morgan fingerprint density at radius 2 is 2.19 bits per heavy atom. The summed E-state index contributed by atoms with van der Waals surface area (Å²) in [5.41, 5.74) is 2.04. The standard InChI is InChI=1S/C15H14FN3O2/c16-11-5-4-10-2-1-3-14(13(10)8-11)18-15-7-6-12(9-17-15)19(20)21/h4-9,14H,1-3H2,(H,17,18). The number of hydrogen-bond acceptors (Lipinski definition) is 4. The lowest BCUT2D eigenvalue weighted by Crippen LogP contribution is -2.18. The molecule has 1 atom stereocenters. The third-order valence-electron chi connectivity index (χ3n) is 3.70. The SMILES string of the molecule is O=[N+]([O-])c1ccc(NC2CCCc3ccc(F)cc32)nc1. The molecule has 0 radical (unpaired) electrons. The van der Waals surface area contributed by atoms with Crippen molar-refractivity contribution >= 4 is 11.5 Å². The lowest BCUT2D eigenvalue weighted by atomic mass is 9.87. The fraction of sp³-hybridized carbons (Fsp3) is 0.267. The van der Waals surface area contributed by atoms with Crippen LogP contribution >= 0.6 is 0 Å². The van der Waals surface area contributed by atoms with Crippen LogP contribution in [0.25, 0.3) is 0 Å². The van der Waals surface area contributed by atoms with Gasteiger partial charge >= 0.3 is 0 Å². The second kappa shape index (κ2) is 5.47. The first-order chi connectivity index (χ1) is 10.1. The van der Waals surface area contributed by atoms with Crippen LogP contribution in [0.1, 0.15) is 30.0 Å². The van der Waals surface area contributed by atoms with Gasteiger partial charge in [-0.25, -0.2) is 9.37 Å². The highest BCUT2D eigenvalue weighted by Crippen LogP contribution is 2.32. The fourth-order valence-corrected chi connectivity index (χ4v) is 2.68. The lowest BCUT2D eigenvalue weighted by molar-refractivity contribution is -0.385. The molecular formula is C15H14FN3O2. The Morgan fingerprint density at radius 3 is 2.90 bits per heavy atom. The van der Waals surface area contributed by atoms with Crippen LogP contribution in [-0.4, -0.2) is 9.91 Å². The van der Waals surface area contributed by atoms with Gasteiger partial charge in [0.2, 0.25) is 0 Å². The summed E-state index contributed by atoms with van der Waals surface area (Å²) in [6.07, 6.45) is 4.07. The first-order valence-corrected chi connectivity index (χ1v) is 6.79. The van der Waals surface area contributed by atoms with Crippen LogP contribution in [-0.2, 0) is 6.42 Å². The van der Waals surface area contributed by atoms with E-state index in [1.807, 2.05) is 6.07 Å². The molecule has 108 valence electrons. The van der Waals surface area contributed by atoms with Crippen molar-refractivity contribution in [3.05, 3.63) is 63.6 Å². The Bertz CT molecular complexity index is 673. The largest absolute Gasteiger partial charge is 0.363 e. The van der Waals surface area contributed by atoms with Crippen molar-refractivity contribution in [1.82, 2.24) is 4.98 Å². The molecule has 3 rings (SSSR count). The van der Waals surface area contributed by atoms with E-state index in [0.717, 1.165) is 30.4 Å². The third kappa shape index (κ3) is 2.84. The van der Waals surface area contributed by atoms with E-state index < -0.39 is 4.92 Å². The Balaban J connectivity index is 1.83. The summed E-state index contributed by atoms with van der Waals surface area (Å²) in [4.78, 5) is 14.2. The third-order valence-corrected chi connectivity index (χ3v) is 3.70. The van der Waals surface area contributed by atoms with E-state index in [4.69, 9.17) is 0 Å². The van der Waals surface area contributed by atoms with Gasteiger partial charge in [0.05, 0.1) is 11.0 Å². The zero-order valence-corrected chi connectivity index (χ0v) is 11.3. The minimum absolute atomic E-state index is 0.0154. The summed E-state index contributed by atoms with van der Waals surface area (Å²) >= 11 is 0. The molecule has 1 aromatic heterocycles. The second-order valence-corrected chi connectivity index (χ2v) is 5.09. The molecule has 5 nitrogen and oxygen atoms in total. The maximum absolute atomic E-state index is 13.4. The number of halogens is 1. The summed E-state index contributed by atoms with van der Waals surface area (Å²) in [5.74, 6) is 0.307. The predicted octanol–water partition coefficient (Wildman–Crippen LogP) is 3.62. The minimum Gasteiger partial charge on any atom is -0.363 e. The molecule has 6 heteroatoms. The molecule has 21 heavy (non-hydrogen) atoms. The first-order valence-electron chi connectivity index (χ1n) is 6.79. The molecule has 0 amide bonds. The monoisotopic (exact) mass is 287 g/mol. The number of rotatable bonds is 3. The molecule has 0 saturated heterocycles. The number of benzene rings is 1. The molecule has 0 aliphatic heterocycles. The van der Waals surface area contributed by atoms with Gasteiger partial charge in [-0.15, -0.1) is 0 Å². The maximum atomic E-state index is 13.4. The minimum atomic E-state index is -0.484. The van der Waals surface area contributed by atoms with E-state index in [9.17, 15) is 14.5 Å². The second-order valence-electron chi connectivity index (χ2n) is 5.09. The number of nitro groups is 1. The number of anilines is 1. The zero-order valence-electron chi connectivity index (χ0n) is 11.3. The van der Waals surface area contributed by atoms with Crippen molar-refractivity contribution in [2.75, 3.05) is 5.32 Å². The summed E-state index contributed by atoms with van der Waals surface area (Å²) in [6, 6.07) is 7.82. The van der Waals surface area contributed by atoms with Crippen LogP contribution < -0.4 is 5.32 Å². The van der Waals surface area contributed by atoms with Crippen molar-refractivity contribution in [2.45, 2.75) is 25.3 Å². The molecule has 2 aromatic rings. The summed E-state index contributed by atoms with van der Waals surface area (Å²) in [6.45, 7) is 0. The molecule has 1 aromatic carbocycles. The first kappa shape index (κ1) is 13.5. The maximum Gasteiger partial charge on any atom is 0.287 e. The fourth-order valence-electron chi connectivity index (χ4n) is 2.68. The molecule has 0 spiro atoms. The lowest BCUT2D eigenvalue weighted by Gasteiger charge is -2.26. The number of aryl methyl sites for hydroxylation is 1. The predicted molar refractivity (Wildman–Crippen MR) is 76.6 cm³/mol. The number of nitrogens with zero attached hydrogens (tertiary/aromatic N) is 2. The number of aromatic nitrogens is 1. The average Bonchev–Trinajstić information content (AvgIpc) is 2.48. The zero-order chi connectivity index (χ0) is 14.8. The molecule has 1 N–H and O–H groups in total. The highest BCUT2D eigenvalue weighted by atomic mass is 19.1. The van der Waals surface area contributed by atoms with E-state index in [1.54, 1.807) is 12.1 Å². The van der Waals surface area contributed by atoms with Gasteiger partial charge in [-0.05, 0) is 48.6 Å². The Labute approximate surface area is 121 Å². The van der Waals surface area contributed by atoms with E-state index in [0.29, 0.717) is 5.82 Å². The van der Waals surface area contributed by atoms with Crippen LogP contribution in [0.2, 0.25) is 0 Å². The van der Waals surface area contributed by atoms with Gasteiger partial charge in [-0.2, -0.15) is 0 Å². The summed E-state index contributed by atoms with van der Waals surface area (Å²) in [5, 5.41) is 13.8. The Kier molecular flexibility index (Phi) is 3.51. The van der Waals surface area contributed by atoms with Gasteiger partial charge in [-0.3, -0.25) is 10.1 Å². The van der Waals surface area contributed by atoms with Gasteiger partial charge in [0.25, 0.3) is 5.69 Å². The number of pyridine rings is 1. The normalized spacial score (nSPS) is 17.1. The molecule has 1 aliphatic carbocycles. The van der Waals surface area contributed by atoms with Crippen LogP contribution in [0, 0.1) is 15.9 Å². The number of fused-ring (bicyclic) bond motifs is 1. The molecule has 1 unspecified atom stereocenters. The molecule has 0 bridgehead atoms. The number of hydrogen-bond donors (Lipinski definition) is 1. The van der Waals surface area contributed by atoms with E-state index in [2.05, 4.69) is 10.3 Å². The van der Waals surface area contributed by atoms with E-state index in [1.165, 1.54) is 18.3 Å². The smallest absolute Gasteiger partial charge is 0.287 e. The molecule has 0 fully saturated rings. The van der Waals surface area contributed by atoms with Gasteiger partial charge in [-0.1, -0.05) is 6.07 Å². The van der Waals surface area contributed by atoms with Crippen molar-refractivity contribution in [3.8, 4) is 0 Å². The molecule has 1 heterocycles. The molecule has 1 aliphatic rings. The Hall–Kier alpha value is -2.50. The Morgan fingerprint density at radius 1 is 1.33 bits per heavy atom. The van der Waals surface area contributed by atoms with Gasteiger partial charge in [0.1, 0.15) is 17.8 Å². The molecular weight excluding hydrogens is 273 g/mol. The van der Waals surface area contributed by atoms with E-state index in [-0.39, 0.29) is 17.5 Å². The van der Waals surface area contributed by atoms with Gasteiger partial charge < -0.3 is 5.32 Å². The van der Waals surface area contributed by atoms with Gasteiger partial charge in [0, 0.05) is 6.07 Å². The number of nitrogens with one attached hydrogen (secondary N) is 1. The summed E-state index contributed by atoms with van der Waals surface area (Å²) in [7, 11) is 0. The van der Waals surface area contributed by atoms with Crippen molar-refractivity contribution in [3.63, 3.8) is 0 Å². The van der Waals surface area contributed by atoms with E-state index >= 15 is 0 Å². The van der Waals surface area contributed by atoms with Crippen LogP contribution in [0.15, 0.2) is 36.5 Å². The van der Waals surface area contributed by atoms with Gasteiger partial charge in [0.15, 0.2) is 0 Å². The van der Waals surface area contributed by atoms with Crippen molar-refractivity contribution < 1.29 is 9.31 Å². The average molecular weight is 287 g/mol. The highest BCUT2D eigenvalue weighted by Gasteiger charge is 2.21. The van der Waals surface area contributed by atoms with Crippen LogP contribution in [0.5, 0.6) is 0 Å². The quantitative estimate of drug-likeness (QED) is 0.691. The van der Waals surface area contributed by atoms with Crippen molar-refractivity contribution in [1.29, 1.82) is 0 Å².